The van der Waals surface area contributed by atoms with Crippen LogP contribution in [-0.2, 0) is 32.8 Å². The maximum atomic E-state index is 13.3. The Morgan fingerprint density at radius 1 is 0.695 bits per heavy atom. The SMILES string of the molecule is CCCc1nn2ncc(C(=O)OCOC(=O)C(C)(C)C)c2n1Cc1ccc(-c2ccccc2-c2nnnn2C(c2ccccc2)(c2ccccc2)c2ccccc2)cc1. The number of carbonyl (C=O) groups is 2. The van der Waals surface area contributed by atoms with Gasteiger partial charge in [0.2, 0.25) is 6.79 Å². The Morgan fingerprint density at radius 3 is 1.85 bits per heavy atom. The van der Waals surface area contributed by atoms with E-state index < -0.39 is 29.7 Å². The fourth-order valence-corrected chi connectivity index (χ4v) is 7.48. The number of nitrogens with zero attached hydrogens (tertiary/aromatic N) is 8. The Kier molecular flexibility index (Phi) is 10.7. The van der Waals surface area contributed by atoms with E-state index in [9.17, 15) is 9.59 Å². The highest BCUT2D eigenvalue weighted by Crippen LogP contribution is 2.43. The van der Waals surface area contributed by atoms with E-state index in [1.807, 2.05) is 76.0 Å². The largest absolute Gasteiger partial charge is 0.427 e. The predicted octanol–water partition coefficient (Wildman–Crippen LogP) is 8.40. The minimum absolute atomic E-state index is 0.229. The molecule has 0 fully saturated rings. The summed E-state index contributed by atoms with van der Waals surface area (Å²) in [5, 5.41) is 22.9. The average molecular weight is 785 g/mol. The summed E-state index contributed by atoms with van der Waals surface area (Å²) < 4.78 is 15.9. The summed E-state index contributed by atoms with van der Waals surface area (Å²) in [4.78, 5) is 25.5. The number of carbonyl (C=O) groups excluding carboxylic acids is 2. The first kappa shape index (κ1) is 38.7. The Hall–Kier alpha value is -7.21. The zero-order chi connectivity index (χ0) is 41.0. The monoisotopic (exact) mass is 784 g/mol. The van der Waals surface area contributed by atoms with Crippen molar-refractivity contribution in [2.24, 2.45) is 5.41 Å². The number of rotatable bonds is 13. The number of esters is 2. The Morgan fingerprint density at radius 2 is 1.27 bits per heavy atom. The number of benzene rings is 5. The fourth-order valence-electron chi connectivity index (χ4n) is 7.48. The average Bonchev–Trinajstić information content (AvgIpc) is 4.00. The third-order valence-corrected chi connectivity index (χ3v) is 10.3. The van der Waals surface area contributed by atoms with Gasteiger partial charge in [0.15, 0.2) is 11.5 Å². The van der Waals surface area contributed by atoms with E-state index in [1.165, 1.54) is 10.8 Å². The van der Waals surface area contributed by atoms with Gasteiger partial charge in [-0.25, -0.2) is 9.48 Å². The van der Waals surface area contributed by atoms with Gasteiger partial charge in [0, 0.05) is 12.0 Å². The molecule has 8 aromatic rings. The van der Waals surface area contributed by atoms with Gasteiger partial charge < -0.3 is 14.0 Å². The molecule has 0 aliphatic heterocycles. The van der Waals surface area contributed by atoms with Crippen LogP contribution in [0.25, 0.3) is 28.2 Å². The molecule has 8 rings (SSSR count). The summed E-state index contributed by atoms with van der Waals surface area (Å²) in [6.45, 7) is 7.21. The van der Waals surface area contributed by atoms with Gasteiger partial charge >= 0.3 is 11.9 Å². The highest BCUT2D eigenvalue weighted by Gasteiger charge is 2.42. The molecule has 0 radical (unpaired) electrons. The molecule has 0 aliphatic rings. The van der Waals surface area contributed by atoms with Crippen LogP contribution < -0.4 is 0 Å². The summed E-state index contributed by atoms with van der Waals surface area (Å²) in [6, 6.07) is 47.5. The minimum atomic E-state index is -0.901. The third kappa shape index (κ3) is 7.40. The van der Waals surface area contributed by atoms with Crippen LogP contribution in [-0.4, -0.2) is 58.3 Å². The predicted molar refractivity (Wildman–Crippen MR) is 223 cm³/mol. The molecule has 0 aliphatic carbocycles. The molecule has 0 saturated heterocycles. The summed E-state index contributed by atoms with van der Waals surface area (Å²) in [6.07, 6.45) is 2.95. The molecule has 12 nitrogen and oxygen atoms in total. The van der Waals surface area contributed by atoms with E-state index in [4.69, 9.17) is 24.9 Å². The molecular formula is C47H44N8O4. The number of fused-ring (bicyclic) bond motifs is 1. The van der Waals surface area contributed by atoms with Crippen LogP contribution in [0, 0.1) is 5.41 Å². The molecule has 0 unspecified atom stereocenters. The van der Waals surface area contributed by atoms with Crippen LogP contribution >= 0.6 is 0 Å². The molecular weight excluding hydrogens is 741 g/mol. The second kappa shape index (κ2) is 16.3. The summed E-state index contributed by atoms with van der Waals surface area (Å²) in [7, 11) is 0. The quantitative estimate of drug-likeness (QED) is 0.0643. The van der Waals surface area contributed by atoms with Crippen molar-refractivity contribution in [3.8, 4) is 22.5 Å². The Labute approximate surface area is 342 Å². The van der Waals surface area contributed by atoms with Gasteiger partial charge in [0.1, 0.15) is 16.9 Å². The van der Waals surface area contributed by atoms with Gasteiger partial charge in [-0.05, 0) is 71.0 Å². The lowest BCUT2D eigenvalue weighted by Gasteiger charge is -2.36. The third-order valence-electron chi connectivity index (χ3n) is 10.3. The highest BCUT2D eigenvalue weighted by molar-refractivity contribution is 5.95. The molecule has 0 bridgehead atoms. The standard InChI is InChI=1S/C47H44N8O4/c1-5-17-41-50-55-43(40(30-48-55)44(56)58-32-59-45(57)46(2,3)4)53(41)31-33-26-28-34(29-27-33)38-24-15-16-25-39(38)42-49-51-52-54(42)47(35-18-9-6-10-19-35,36-20-11-7-12-21-36)37-22-13-8-14-23-37/h6-16,18-30H,5,17,31-32H2,1-4H3. The molecule has 0 atom stereocenters. The van der Waals surface area contributed by atoms with Crippen molar-refractivity contribution in [2.45, 2.75) is 52.6 Å². The molecule has 5 aromatic carbocycles. The van der Waals surface area contributed by atoms with E-state index in [1.54, 1.807) is 20.8 Å². The van der Waals surface area contributed by atoms with Crippen molar-refractivity contribution < 1.29 is 19.1 Å². The maximum absolute atomic E-state index is 13.3. The molecule has 3 heterocycles. The second-order valence-corrected chi connectivity index (χ2v) is 15.3. The molecule has 3 aromatic heterocycles. The maximum Gasteiger partial charge on any atom is 0.346 e. The minimum Gasteiger partial charge on any atom is -0.427 e. The summed E-state index contributed by atoms with van der Waals surface area (Å²) in [5.41, 5.74) is 5.95. The zero-order valence-electron chi connectivity index (χ0n) is 33.4. The van der Waals surface area contributed by atoms with Gasteiger partial charge in [-0.3, -0.25) is 4.79 Å². The molecule has 296 valence electrons. The van der Waals surface area contributed by atoms with Crippen LogP contribution in [0.2, 0.25) is 0 Å². The first-order valence-electron chi connectivity index (χ1n) is 19.6. The lowest BCUT2D eigenvalue weighted by atomic mass is 9.77. The fraction of sp³-hybridized carbons (Fsp3) is 0.213. The lowest BCUT2D eigenvalue weighted by Crippen LogP contribution is -2.39. The van der Waals surface area contributed by atoms with Gasteiger partial charge in [-0.2, -0.15) is 5.10 Å². The van der Waals surface area contributed by atoms with Crippen LogP contribution in [0.15, 0.2) is 146 Å². The van der Waals surface area contributed by atoms with Crippen LogP contribution in [0.5, 0.6) is 0 Å². The Balaban J connectivity index is 1.15. The van der Waals surface area contributed by atoms with Crippen molar-refractivity contribution in [3.05, 3.63) is 179 Å². The first-order valence-corrected chi connectivity index (χ1v) is 19.6. The van der Waals surface area contributed by atoms with Crippen molar-refractivity contribution in [2.75, 3.05) is 6.79 Å². The van der Waals surface area contributed by atoms with Gasteiger partial charge in [0.05, 0.1) is 18.2 Å². The van der Waals surface area contributed by atoms with Crippen LogP contribution in [0.4, 0.5) is 0 Å². The first-order chi connectivity index (χ1) is 28.7. The molecule has 12 heteroatoms. The molecule has 0 saturated carbocycles. The van der Waals surface area contributed by atoms with Gasteiger partial charge in [-0.15, -0.1) is 14.8 Å². The topological polar surface area (TPSA) is 131 Å². The second-order valence-electron chi connectivity index (χ2n) is 15.3. The number of aryl methyl sites for hydroxylation is 1. The van der Waals surface area contributed by atoms with Crippen molar-refractivity contribution >= 4 is 17.6 Å². The number of hydrogen-bond donors (Lipinski definition) is 0. The highest BCUT2D eigenvalue weighted by atomic mass is 16.7. The van der Waals surface area contributed by atoms with Gasteiger partial charge in [0.25, 0.3) is 0 Å². The van der Waals surface area contributed by atoms with Crippen molar-refractivity contribution in [1.82, 2.24) is 39.6 Å². The lowest BCUT2D eigenvalue weighted by molar-refractivity contribution is -0.161. The van der Waals surface area contributed by atoms with Crippen LogP contribution in [0.1, 0.15) is 72.6 Å². The summed E-state index contributed by atoms with van der Waals surface area (Å²) in [5.74, 6) is 0.268. The molecule has 0 spiro atoms. The normalized spacial score (nSPS) is 11.8. The number of ether oxygens (including phenoxy) is 2. The van der Waals surface area contributed by atoms with E-state index in [-0.39, 0.29) is 5.56 Å². The zero-order valence-corrected chi connectivity index (χ0v) is 33.4. The van der Waals surface area contributed by atoms with Crippen LogP contribution in [0.3, 0.4) is 0 Å². The molecule has 0 amide bonds. The van der Waals surface area contributed by atoms with E-state index in [0.29, 0.717) is 24.4 Å². The number of aromatic nitrogens is 8. The van der Waals surface area contributed by atoms with E-state index in [2.05, 4.69) is 90.0 Å². The smallest absolute Gasteiger partial charge is 0.346 e. The summed E-state index contributed by atoms with van der Waals surface area (Å²) >= 11 is 0. The van der Waals surface area contributed by atoms with Crippen molar-refractivity contribution in [1.29, 1.82) is 0 Å². The van der Waals surface area contributed by atoms with Crippen molar-refractivity contribution in [3.63, 3.8) is 0 Å². The van der Waals surface area contributed by atoms with E-state index >= 15 is 0 Å². The molecule has 59 heavy (non-hydrogen) atoms. The number of hydrogen-bond acceptors (Lipinski definition) is 9. The molecule has 0 N–H and O–H groups in total. The number of tetrazole rings is 1. The Bertz CT molecular complexity index is 2600. The van der Waals surface area contributed by atoms with Gasteiger partial charge in [-0.1, -0.05) is 146 Å². The van der Waals surface area contributed by atoms with E-state index in [0.717, 1.165) is 51.2 Å².